The van der Waals surface area contributed by atoms with E-state index in [4.69, 9.17) is 4.42 Å². The molecule has 0 unspecified atom stereocenters. The van der Waals surface area contributed by atoms with Gasteiger partial charge in [-0.15, -0.1) is 0 Å². The predicted octanol–water partition coefficient (Wildman–Crippen LogP) is 4.11. The number of nitrogens with zero attached hydrogens (tertiary/aromatic N) is 2. The van der Waals surface area contributed by atoms with Crippen molar-refractivity contribution in [1.82, 2.24) is 14.8 Å². The third kappa shape index (κ3) is 3.61. The summed E-state index contributed by atoms with van der Waals surface area (Å²) in [5.41, 5.74) is 3.41. The van der Waals surface area contributed by atoms with Crippen LogP contribution in [0.15, 0.2) is 63.2 Å². The Morgan fingerprint density at radius 3 is 2.50 bits per heavy atom. The van der Waals surface area contributed by atoms with Crippen molar-refractivity contribution in [2.45, 2.75) is 20.4 Å². The van der Waals surface area contributed by atoms with Gasteiger partial charge in [-0.2, -0.15) is 0 Å². The Labute approximate surface area is 181 Å². The summed E-state index contributed by atoms with van der Waals surface area (Å²) in [6.45, 7) is 3.81. The van der Waals surface area contributed by atoms with Crippen molar-refractivity contribution in [3.05, 3.63) is 81.5 Å². The number of nitrogens with one attached hydrogen (secondary N) is 1. The van der Waals surface area contributed by atoms with E-state index in [-0.39, 0.29) is 12.1 Å². The van der Waals surface area contributed by atoms with Gasteiger partial charge in [-0.05, 0) is 68.0 Å². The molecule has 1 N–H and O–H groups in total. The second kappa shape index (κ2) is 7.79. The van der Waals surface area contributed by atoms with E-state index in [2.05, 4.69) is 21.2 Å². The van der Waals surface area contributed by atoms with Crippen LogP contribution >= 0.6 is 15.9 Å². The number of rotatable bonds is 4. The molecule has 0 atom stereocenters. The lowest BCUT2D eigenvalue weighted by Gasteiger charge is -2.25. The molecule has 152 valence electrons. The van der Waals surface area contributed by atoms with Crippen LogP contribution in [0.5, 0.6) is 0 Å². The molecule has 0 saturated carbocycles. The number of hydrogen-bond donors (Lipinski definition) is 1. The van der Waals surface area contributed by atoms with Gasteiger partial charge in [-0.25, -0.2) is 4.79 Å². The second-order valence-electron chi connectivity index (χ2n) is 6.93. The number of benzene rings is 1. The van der Waals surface area contributed by atoms with Gasteiger partial charge >= 0.3 is 6.03 Å². The maximum absolute atomic E-state index is 12.9. The van der Waals surface area contributed by atoms with Crippen LogP contribution in [0.4, 0.5) is 4.79 Å². The molecule has 7 nitrogen and oxygen atoms in total. The summed E-state index contributed by atoms with van der Waals surface area (Å²) in [5.74, 6) is -0.927. The smallest absolute Gasteiger partial charge is 0.331 e. The number of aryl methyl sites for hydroxylation is 1. The highest BCUT2D eigenvalue weighted by Crippen LogP contribution is 2.25. The van der Waals surface area contributed by atoms with Gasteiger partial charge in [-0.3, -0.25) is 19.8 Å². The Morgan fingerprint density at radius 1 is 1.10 bits per heavy atom. The molecule has 1 aliphatic heterocycles. The van der Waals surface area contributed by atoms with Crippen molar-refractivity contribution in [3.63, 3.8) is 0 Å². The van der Waals surface area contributed by atoms with Crippen LogP contribution in [-0.2, 0) is 16.1 Å². The standard InChI is InChI=1S/C22H18BrN3O4/c1-13-10-15(14(2)26(13)17-7-5-16(23)6-8-17)11-19-20(27)24-22(29)25(21(19)28)12-18-4-3-9-30-18/h3-11H,12H2,1-2H3,(H,24,27,29)/b19-11-. The second-order valence-corrected chi connectivity index (χ2v) is 7.84. The number of halogens is 1. The molecule has 0 radical (unpaired) electrons. The highest BCUT2D eigenvalue weighted by molar-refractivity contribution is 9.10. The molecule has 1 fully saturated rings. The van der Waals surface area contributed by atoms with Gasteiger partial charge in [0.05, 0.1) is 12.8 Å². The molecule has 8 heteroatoms. The molecular formula is C22H18BrN3O4. The van der Waals surface area contributed by atoms with Crippen LogP contribution in [0.3, 0.4) is 0 Å². The Bertz CT molecular complexity index is 1170. The minimum absolute atomic E-state index is 0.0554. The quantitative estimate of drug-likeness (QED) is 0.462. The fourth-order valence-corrected chi connectivity index (χ4v) is 3.74. The molecule has 0 aliphatic carbocycles. The number of carbonyl (C=O) groups is 3. The zero-order valence-electron chi connectivity index (χ0n) is 16.3. The predicted molar refractivity (Wildman–Crippen MR) is 114 cm³/mol. The van der Waals surface area contributed by atoms with E-state index in [0.29, 0.717) is 5.76 Å². The Balaban J connectivity index is 1.70. The number of imide groups is 2. The van der Waals surface area contributed by atoms with E-state index >= 15 is 0 Å². The van der Waals surface area contributed by atoms with E-state index < -0.39 is 17.8 Å². The largest absolute Gasteiger partial charge is 0.467 e. The Morgan fingerprint density at radius 2 is 1.83 bits per heavy atom. The molecule has 4 rings (SSSR count). The van der Waals surface area contributed by atoms with Crippen molar-refractivity contribution in [3.8, 4) is 5.69 Å². The van der Waals surface area contributed by atoms with E-state index in [9.17, 15) is 14.4 Å². The fourth-order valence-electron chi connectivity index (χ4n) is 3.47. The van der Waals surface area contributed by atoms with Crippen LogP contribution in [0.2, 0.25) is 0 Å². The summed E-state index contributed by atoms with van der Waals surface area (Å²) < 4.78 is 8.24. The van der Waals surface area contributed by atoms with Gasteiger partial charge in [0.15, 0.2) is 0 Å². The SMILES string of the molecule is Cc1cc(/C=C2/C(=O)NC(=O)N(Cc3ccco3)C2=O)c(C)n1-c1ccc(Br)cc1. The molecule has 3 aromatic rings. The number of barbiturate groups is 1. The molecule has 1 saturated heterocycles. The normalized spacial score (nSPS) is 15.8. The van der Waals surface area contributed by atoms with Crippen molar-refractivity contribution in [2.24, 2.45) is 0 Å². The first-order valence-corrected chi connectivity index (χ1v) is 10.0. The number of urea groups is 1. The number of carbonyl (C=O) groups excluding carboxylic acids is 3. The first kappa shape index (κ1) is 19.9. The van der Waals surface area contributed by atoms with E-state index in [1.807, 2.05) is 48.7 Å². The third-order valence-electron chi connectivity index (χ3n) is 4.93. The van der Waals surface area contributed by atoms with Crippen molar-refractivity contribution in [2.75, 3.05) is 0 Å². The fraction of sp³-hybridized carbons (Fsp3) is 0.136. The third-order valence-corrected chi connectivity index (χ3v) is 5.46. The van der Waals surface area contributed by atoms with Crippen molar-refractivity contribution in [1.29, 1.82) is 0 Å². The molecule has 4 amide bonds. The summed E-state index contributed by atoms with van der Waals surface area (Å²) >= 11 is 3.43. The summed E-state index contributed by atoms with van der Waals surface area (Å²) in [6, 6.07) is 12.3. The van der Waals surface area contributed by atoms with Gasteiger partial charge in [0.2, 0.25) is 0 Å². The number of hydrogen-bond acceptors (Lipinski definition) is 4. The molecule has 0 bridgehead atoms. The maximum Gasteiger partial charge on any atom is 0.331 e. The summed E-state index contributed by atoms with van der Waals surface area (Å²) in [6.07, 6.45) is 2.98. The molecule has 1 aromatic carbocycles. The molecule has 0 spiro atoms. The van der Waals surface area contributed by atoms with Crippen LogP contribution in [0.1, 0.15) is 22.7 Å². The van der Waals surface area contributed by atoms with E-state index in [0.717, 1.165) is 32.0 Å². The summed E-state index contributed by atoms with van der Waals surface area (Å²) in [4.78, 5) is 38.4. The van der Waals surface area contributed by atoms with E-state index in [1.165, 1.54) is 12.3 Å². The maximum atomic E-state index is 12.9. The van der Waals surface area contributed by atoms with Gasteiger partial charge < -0.3 is 8.98 Å². The summed E-state index contributed by atoms with van der Waals surface area (Å²) in [7, 11) is 0. The monoisotopic (exact) mass is 467 g/mol. The van der Waals surface area contributed by atoms with Crippen LogP contribution in [0, 0.1) is 13.8 Å². The lowest BCUT2D eigenvalue weighted by Crippen LogP contribution is -2.53. The molecule has 3 heterocycles. The zero-order chi connectivity index (χ0) is 21.4. The van der Waals surface area contributed by atoms with Crippen LogP contribution in [-0.4, -0.2) is 27.3 Å². The van der Waals surface area contributed by atoms with Gasteiger partial charge in [-0.1, -0.05) is 15.9 Å². The first-order valence-electron chi connectivity index (χ1n) is 9.21. The summed E-state index contributed by atoms with van der Waals surface area (Å²) in [5, 5.41) is 2.23. The van der Waals surface area contributed by atoms with Crippen molar-refractivity contribution >= 4 is 39.9 Å². The average molecular weight is 468 g/mol. The minimum atomic E-state index is -0.765. The van der Waals surface area contributed by atoms with Gasteiger partial charge in [0, 0.05) is 21.5 Å². The topological polar surface area (TPSA) is 84.6 Å². The molecule has 30 heavy (non-hydrogen) atoms. The molecule has 1 aliphatic rings. The first-order chi connectivity index (χ1) is 14.3. The Hall–Kier alpha value is -3.39. The van der Waals surface area contributed by atoms with Crippen LogP contribution in [0.25, 0.3) is 11.8 Å². The number of furan rings is 1. The van der Waals surface area contributed by atoms with E-state index in [1.54, 1.807) is 12.1 Å². The minimum Gasteiger partial charge on any atom is -0.467 e. The number of amides is 4. The lowest BCUT2D eigenvalue weighted by molar-refractivity contribution is -0.130. The molecular weight excluding hydrogens is 450 g/mol. The van der Waals surface area contributed by atoms with Crippen molar-refractivity contribution < 1.29 is 18.8 Å². The number of aromatic nitrogens is 1. The lowest BCUT2D eigenvalue weighted by atomic mass is 10.1. The Kier molecular flexibility index (Phi) is 5.17. The highest BCUT2D eigenvalue weighted by Gasteiger charge is 2.36. The average Bonchev–Trinajstić information content (AvgIpc) is 3.31. The zero-order valence-corrected chi connectivity index (χ0v) is 17.9. The van der Waals surface area contributed by atoms with Crippen LogP contribution < -0.4 is 5.32 Å². The highest BCUT2D eigenvalue weighted by atomic mass is 79.9. The van der Waals surface area contributed by atoms with Gasteiger partial charge in [0.25, 0.3) is 11.8 Å². The van der Waals surface area contributed by atoms with Gasteiger partial charge in [0.1, 0.15) is 11.3 Å². The molecule has 2 aromatic heterocycles.